The number of fused-ring (bicyclic) bond motifs is 10. The van der Waals surface area contributed by atoms with Gasteiger partial charge in [0.25, 0.3) is 0 Å². The van der Waals surface area contributed by atoms with Crippen molar-refractivity contribution in [2.45, 2.75) is 235 Å². The van der Waals surface area contributed by atoms with Gasteiger partial charge in [0.05, 0.1) is 0 Å². The molecule has 0 aromatic heterocycles. The van der Waals surface area contributed by atoms with E-state index in [4.69, 9.17) is 34.2 Å². The summed E-state index contributed by atoms with van der Waals surface area (Å²) in [5, 5.41) is 12.2. The van der Waals surface area contributed by atoms with Gasteiger partial charge in [-0.1, -0.05) is 319 Å². The molecule has 0 amide bonds. The van der Waals surface area contributed by atoms with Gasteiger partial charge in [0.1, 0.15) is 79.9 Å². The molecule has 2 heterocycles. The molecule has 570 valence electrons. The minimum atomic E-state index is -0.330. The summed E-state index contributed by atoms with van der Waals surface area (Å²) in [6, 6.07) is 74.3. The predicted molar refractivity (Wildman–Crippen MR) is 452 cm³/mol. The highest BCUT2D eigenvalue weighted by Crippen LogP contribution is 2.48. The van der Waals surface area contributed by atoms with Crippen LogP contribution >= 0.6 is 0 Å². The number of nitrogens with two attached hydrogens (primary N) is 1. The van der Waals surface area contributed by atoms with Crippen molar-refractivity contribution in [3.63, 3.8) is 0 Å². The summed E-state index contributed by atoms with van der Waals surface area (Å²) < 4.78 is 45.7. The number of ether oxygens (including phenoxy) is 6. The van der Waals surface area contributed by atoms with Crippen LogP contribution in [0, 0.1) is 0 Å². The smallest absolute Gasteiger partial charge is 0.126 e. The molecule has 0 spiro atoms. The minimum absolute atomic E-state index is 0.0429. The van der Waals surface area contributed by atoms with Crippen molar-refractivity contribution in [2.75, 3.05) is 5.73 Å². The number of rotatable bonds is 12. The maximum atomic E-state index is 12.2. The summed E-state index contributed by atoms with van der Waals surface area (Å²) in [5.74, 6) is 4.79. The molecule has 0 saturated heterocycles. The van der Waals surface area contributed by atoms with Crippen LogP contribution in [-0.2, 0) is 111 Å². The molecule has 0 unspecified atom stereocenters. The molecule has 3 N–H and O–H groups in total. The van der Waals surface area contributed by atoms with Crippen molar-refractivity contribution < 1.29 is 33.5 Å². The third kappa shape index (κ3) is 18.3. The van der Waals surface area contributed by atoms with Crippen LogP contribution in [0.4, 0.5) is 5.69 Å². The van der Waals surface area contributed by atoms with E-state index in [0.717, 1.165) is 135 Å². The number of hydrogen-bond donors (Lipinski definition) is 2. The van der Waals surface area contributed by atoms with Gasteiger partial charge in [-0.05, 0) is 167 Å². The average Bonchev–Trinajstić information content (AvgIpc) is 0.766. The summed E-state index contributed by atoms with van der Waals surface area (Å²) in [6.07, 6.45) is 2.72. The third-order valence-electron chi connectivity index (χ3n) is 21.9. The lowest BCUT2D eigenvalue weighted by Gasteiger charge is -2.29. The van der Waals surface area contributed by atoms with Gasteiger partial charge in [-0.3, -0.25) is 0 Å². The van der Waals surface area contributed by atoms with E-state index < -0.39 is 0 Å². The second kappa shape index (κ2) is 31.3. The zero-order valence-electron chi connectivity index (χ0n) is 68.6. The quantitative estimate of drug-likeness (QED) is 0.0921. The normalized spacial score (nSPS) is 13.6. The zero-order valence-corrected chi connectivity index (χ0v) is 68.6. The summed E-state index contributed by atoms with van der Waals surface area (Å²) in [7, 11) is 0. The maximum Gasteiger partial charge on any atom is 0.126 e. The molecule has 0 radical (unpaired) electrons. The summed E-state index contributed by atoms with van der Waals surface area (Å²) in [5.41, 5.74) is 31.1. The number of aromatic hydroxyl groups is 1. The first-order chi connectivity index (χ1) is 52.0. The third-order valence-corrected chi connectivity index (χ3v) is 21.9. The molecule has 110 heavy (non-hydrogen) atoms. The van der Waals surface area contributed by atoms with E-state index in [2.05, 4.69) is 319 Å². The van der Waals surface area contributed by atoms with Crippen LogP contribution in [0.15, 0.2) is 206 Å². The van der Waals surface area contributed by atoms with Gasteiger partial charge in [0.15, 0.2) is 0 Å². The molecule has 0 atom stereocenters. The second-order valence-corrected chi connectivity index (χ2v) is 37.2. The molecule has 11 aromatic carbocycles. The fraction of sp³-hybridized carbons (Fsp3) is 0.353. The lowest BCUT2D eigenvalue weighted by Crippen LogP contribution is -2.18. The average molecular weight is 1470 g/mol. The Bertz CT molecular complexity index is 4540. The largest absolute Gasteiger partial charge is 0.508 e. The van der Waals surface area contributed by atoms with Crippen molar-refractivity contribution in [3.8, 4) is 40.2 Å². The Labute approximate surface area is 656 Å². The van der Waals surface area contributed by atoms with Crippen LogP contribution in [0.2, 0.25) is 0 Å². The van der Waals surface area contributed by atoms with Crippen molar-refractivity contribution in [1.29, 1.82) is 0 Å². The topological polar surface area (TPSA) is 102 Å². The van der Waals surface area contributed by atoms with Gasteiger partial charge in [-0.2, -0.15) is 0 Å². The molecule has 2 aliphatic rings. The minimum Gasteiger partial charge on any atom is -0.508 e. The number of phenols is 1. The van der Waals surface area contributed by atoms with Crippen LogP contribution in [0.1, 0.15) is 258 Å². The lowest BCUT2D eigenvalue weighted by atomic mass is 9.79. The molecule has 0 saturated carbocycles. The first-order valence-electron chi connectivity index (χ1n) is 39.6. The Morgan fingerprint density at radius 2 is 0.445 bits per heavy atom. The van der Waals surface area contributed by atoms with Crippen molar-refractivity contribution in [2.24, 2.45) is 0 Å². The first-order valence-corrected chi connectivity index (χ1v) is 39.6. The molecule has 8 heteroatoms. The lowest BCUT2D eigenvalue weighted by molar-refractivity contribution is 0.290. The van der Waals surface area contributed by atoms with E-state index in [1.165, 1.54) is 22.3 Å². The highest BCUT2D eigenvalue weighted by Gasteiger charge is 2.33. The number of anilines is 1. The second-order valence-electron chi connectivity index (χ2n) is 37.2. The maximum absolute atomic E-state index is 12.2. The van der Waals surface area contributed by atoms with Gasteiger partial charge in [-0.25, -0.2) is 0 Å². The van der Waals surface area contributed by atoms with Gasteiger partial charge in [-0.15, -0.1) is 0 Å². The van der Waals surface area contributed by atoms with E-state index in [9.17, 15) is 5.11 Å². The van der Waals surface area contributed by atoms with Crippen molar-refractivity contribution in [1.82, 2.24) is 0 Å². The summed E-state index contributed by atoms with van der Waals surface area (Å²) >= 11 is 0. The molecule has 13 rings (SSSR count). The van der Waals surface area contributed by atoms with Crippen LogP contribution in [0.25, 0.3) is 0 Å². The number of benzene rings is 11. The Morgan fingerprint density at radius 3 is 0.636 bits per heavy atom. The van der Waals surface area contributed by atoms with E-state index in [0.29, 0.717) is 81.8 Å². The fourth-order valence-corrected chi connectivity index (χ4v) is 15.3. The van der Waals surface area contributed by atoms with Gasteiger partial charge in [0, 0.05) is 55.3 Å². The molecular weight excluding hydrogens is 1350 g/mol. The molecule has 11 aromatic rings. The number of hydrogen-bond acceptors (Lipinski definition) is 8. The van der Waals surface area contributed by atoms with E-state index in [1.54, 1.807) is 12.1 Å². The van der Waals surface area contributed by atoms with Gasteiger partial charge in [0.2, 0.25) is 0 Å². The zero-order chi connectivity index (χ0) is 78.2. The standard InChI is InChI=1S/C102H115NO7/c1-97(2,3)83-45-69-39-70-46-84(98(4,5)6)50-74(92(70)106-60-66-33-25-20-26-34-66)42-79-55-88(102(16,17)18)56-80-44-76-52-86(100(10,11)12)48-72(94(76)108-62-68-37-29-22-30-38-68)40-71-47-85(99(7,8)9)51-75(93(71)107-61-67-35-27-21-28-36-67)43-78-54-87(101(13,14)15)53-77(41-73(49-83)91(69)105-59-65-31-23-19-24-32-65)95(78)109-63-81-57-89(104)58-82(90(81)103)64-110-96(79)80/h19-38,45-58,104H,39-44,59-64,103H2,1-18H3. The SMILES string of the molecule is CC(C)(C)c1cc2c(OCc3ccccc3)c(c1)Cc1cc(C(C)(C)C)cc3c1OCc1cc(O)cc(c1N)COc1c(cc(C(C)(C)C)cc1Cc1cc(C(C)(C)C)cc(c1OCc1ccccc1)Cc1cc(C(C)(C)C)cc(c1OCc1ccccc1)C3)Cc1cc(C(C)(C)C)cc(c1OCc1ccccc1)C2. The molecule has 2 aliphatic heterocycles. The summed E-state index contributed by atoms with van der Waals surface area (Å²) in [4.78, 5) is 0. The monoisotopic (exact) mass is 1470 g/mol. The number of nitrogen functional groups attached to an aromatic ring is 1. The van der Waals surface area contributed by atoms with Crippen LogP contribution in [0.5, 0.6) is 40.2 Å². The van der Waals surface area contributed by atoms with E-state index in [-0.39, 0.29) is 51.5 Å². The summed E-state index contributed by atoms with van der Waals surface area (Å²) in [6.45, 7) is 43.0. The Hall–Kier alpha value is -10.2. The van der Waals surface area contributed by atoms with Gasteiger partial charge >= 0.3 is 0 Å². The molecule has 0 fully saturated rings. The Morgan fingerprint density at radius 1 is 0.264 bits per heavy atom. The molecule has 12 bridgehead atoms. The Kier molecular flexibility index (Phi) is 22.2. The van der Waals surface area contributed by atoms with Crippen molar-refractivity contribution in [3.05, 3.63) is 340 Å². The van der Waals surface area contributed by atoms with Crippen LogP contribution in [0.3, 0.4) is 0 Å². The highest BCUT2D eigenvalue weighted by atomic mass is 16.5. The van der Waals surface area contributed by atoms with Crippen LogP contribution < -0.4 is 34.2 Å². The first kappa shape index (κ1) is 78.0. The van der Waals surface area contributed by atoms with E-state index in [1.807, 2.05) is 0 Å². The van der Waals surface area contributed by atoms with Crippen LogP contribution in [-0.4, -0.2) is 5.11 Å². The van der Waals surface area contributed by atoms with Gasteiger partial charge < -0.3 is 39.3 Å². The Balaban J connectivity index is 1.21. The predicted octanol–water partition coefficient (Wildman–Crippen LogP) is 24.4. The fourth-order valence-electron chi connectivity index (χ4n) is 15.3. The van der Waals surface area contributed by atoms with E-state index >= 15 is 0 Å². The molecular formula is C102H115NO7. The highest BCUT2D eigenvalue weighted by molar-refractivity contribution is 5.64. The molecule has 0 aliphatic carbocycles. The number of phenolic OH excluding ortho intramolecular Hbond substituents is 1. The molecule has 8 nitrogen and oxygen atoms in total. The van der Waals surface area contributed by atoms with Crippen molar-refractivity contribution >= 4 is 5.69 Å².